The van der Waals surface area contributed by atoms with Gasteiger partial charge in [-0.15, -0.1) is 0 Å². The lowest BCUT2D eigenvalue weighted by Crippen LogP contribution is -2.20. The number of hydrogen-bond acceptors (Lipinski definition) is 4. The summed E-state index contributed by atoms with van der Waals surface area (Å²) in [6.45, 7) is 0. The number of ketones is 2. The van der Waals surface area contributed by atoms with Crippen molar-refractivity contribution in [3.8, 4) is 5.75 Å². The number of hydrogen-bond donors (Lipinski definition) is 2. The van der Waals surface area contributed by atoms with Gasteiger partial charge in [-0.1, -0.05) is 36.4 Å². The number of rotatable bonds is 0. The van der Waals surface area contributed by atoms with E-state index >= 15 is 0 Å². The van der Waals surface area contributed by atoms with E-state index in [9.17, 15) is 14.7 Å². The van der Waals surface area contributed by atoms with Gasteiger partial charge >= 0.3 is 0 Å². The predicted octanol–water partition coefficient (Wildman–Crippen LogP) is 2.33. The Hall–Kier alpha value is -2.46. The molecule has 1 aliphatic rings. The van der Waals surface area contributed by atoms with E-state index in [1.807, 2.05) is 0 Å². The molecule has 4 N–H and O–H groups in total. The second-order valence-electron chi connectivity index (χ2n) is 3.90. The zero-order valence-corrected chi connectivity index (χ0v) is 9.51. The van der Waals surface area contributed by atoms with Gasteiger partial charge in [0.25, 0.3) is 0 Å². The zero-order chi connectivity index (χ0) is 12.0. The Morgan fingerprint density at radius 3 is 1.94 bits per heavy atom. The minimum atomic E-state index is -0.298. The van der Waals surface area contributed by atoms with Crippen molar-refractivity contribution in [1.82, 2.24) is 6.15 Å². The fourth-order valence-electron chi connectivity index (χ4n) is 2.13. The average Bonchev–Trinajstić information content (AvgIpc) is 2.36. The summed E-state index contributed by atoms with van der Waals surface area (Å²) < 4.78 is 0. The van der Waals surface area contributed by atoms with Crippen LogP contribution in [0.3, 0.4) is 0 Å². The van der Waals surface area contributed by atoms with E-state index in [4.69, 9.17) is 0 Å². The second kappa shape index (κ2) is 4.09. The normalized spacial score (nSPS) is 12.4. The summed E-state index contributed by atoms with van der Waals surface area (Å²) in [6.07, 6.45) is 0. The molecule has 0 bridgehead atoms. The van der Waals surface area contributed by atoms with Crippen LogP contribution in [0, 0.1) is 0 Å². The highest BCUT2D eigenvalue weighted by atomic mass is 16.3. The monoisotopic (exact) mass is 241 g/mol. The zero-order valence-electron chi connectivity index (χ0n) is 9.51. The fourth-order valence-corrected chi connectivity index (χ4v) is 2.13. The van der Waals surface area contributed by atoms with Crippen molar-refractivity contribution < 1.29 is 14.7 Å². The summed E-state index contributed by atoms with van der Waals surface area (Å²) in [6, 6.07) is 11.2. The van der Waals surface area contributed by atoms with E-state index in [1.54, 1.807) is 36.4 Å². The molecule has 0 spiro atoms. The molecule has 0 unspecified atom stereocenters. The quantitative estimate of drug-likeness (QED) is 0.632. The molecule has 0 atom stereocenters. The first-order valence-corrected chi connectivity index (χ1v) is 5.20. The van der Waals surface area contributed by atoms with Crippen LogP contribution in [0.1, 0.15) is 31.8 Å². The molecule has 3 rings (SSSR count). The van der Waals surface area contributed by atoms with E-state index in [1.165, 1.54) is 6.07 Å². The van der Waals surface area contributed by atoms with Gasteiger partial charge in [-0.3, -0.25) is 9.59 Å². The molecule has 0 aliphatic heterocycles. The van der Waals surface area contributed by atoms with E-state index in [0.29, 0.717) is 11.1 Å². The van der Waals surface area contributed by atoms with Gasteiger partial charge in [0, 0.05) is 16.7 Å². The van der Waals surface area contributed by atoms with E-state index in [0.717, 1.165) is 0 Å². The van der Waals surface area contributed by atoms with Gasteiger partial charge in [0.05, 0.1) is 5.56 Å². The maximum atomic E-state index is 12.2. The molecule has 0 fully saturated rings. The van der Waals surface area contributed by atoms with Crippen LogP contribution < -0.4 is 6.15 Å². The van der Waals surface area contributed by atoms with Gasteiger partial charge in [0.2, 0.25) is 0 Å². The lowest BCUT2D eigenvalue weighted by atomic mass is 9.84. The van der Waals surface area contributed by atoms with Crippen molar-refractivity contribution >= 4 is 11.6 Å². The average molecular weight is 241 g/mol. The van der Waals surface area contributed by atoms with Crippen molar-refractivity contribution in [3.05, 3.63) is 64.7 Å². The topological polar surface area (TPSA) is 89.4 Å². The Labute approximate surface area is 103 Å². The first-order chi connectivity index (χ1) is 8.20. The Morgan fingerprint density at radius 1 is 0.722 bits per heavy atom. The van der Waals surface area contributed by atoms with Crippen LogP contribution >= 0.6 is 0 Å². The molecule has 0 amide bonds. The summed E-state index contributed by atoms with van der Waals surface area (Å²) in [5.74, 6) is -0.658. The highest BCUT2D eigenvalue weighted by Crippen LogP contribution is 2.32. The molecule has 4 nitrogen and oxygen atoms in total. The number of carbonyl (C=O) groups is 2. The highest BCUT2D eigenvalue weighted by Gasteiger charge is 2.31. The standard InChI is InChI=1S/C14H8O3.H3N/c15-11-7-3-6-10-12(11)14(17)9-5-2-1-4-8(9)13(10)16;/h1-7,15H;1H3. The van der Waals surface area contributed by atoms with Crippen LogP contribution in [0.4, 0.5) is 0 Å². The second-order valence-corrected chi connectivity index (χ2v) is 3.90. The van der Waals surface area contributed by atoms with Crippen molar-refractivity contribution in [1.29, 1.82) is 0 Å². The summed E-state index contributed by atoms with van der Waals surface area (Å²) in [5, 5.41) is 9.70. The van der Waals surface area contributed by atoms with Gasteiger partial charge in [0.15, 0.2) is 11.6 Å². The lowest BCUT2D eigenvalue weighted by molar-refractivity contribution is 0.0976. The predicted molar refractivity (Wildman–Crippen MR) is 66.4 cm³/mol. The van der Waals surface area contributed by atoms with Gasteiger partial charge in [-0.2, -0.15) is 0 Å². The van der Waals surface area contributed by atoms with Gasteiger partial charge in [-0.05, 0) is 6.07 Å². The Balaban J connectivity index is 0.00000120. The molecular weight excluding hydrogens is 230 g/mol. The lowest BCUT2D eigenvalue weighted by Gasteiger charge is -2.17. The number of carbonyl (C=O) groups excluding carboxylic acids is 2. The summed E-state index contributed by atoms with van der Waals surface area (Å²) in [7, 11) is 0. The van der Waals surface area contributed by atoms with Crippen molar-refractivity contribution in [2.45, 2.75) is 0 Å². The number of benzene rings is 2. The third-order valence-corrected chi connectivity index (χ3v) is 2.93. The molecule has 2 aromatic rings. The van der Waals surface area contributed by atoms with Crippen molar-refractivity contribution in [3.63, 3.8) is 0 Å². The maximum Gasteiger partial charge on any atom is 0.198 e. The third-order valence-electron chi connectivity index (χ3n) is 2.93. The van der Waals surface area contributed by atoms with Gasteiger partial charge in [-0.25, -0.2) is 0 Å². The molecule has 2 aromatic carbocycles. The van der Waals surface area contributed by atoms with E-state index < -0.39 is 0 Å². The molecule has 90 valence electrons. The molecule has 0 saturated heterocycles. The number of phenolic OH excluding ortho intramolecular Hbond substituents is 1. The Morgan fingerprint density at radius 2 is 1.28 bits per heavy atom. The van der Waals surface area contributed by atoms with Crippen molar-refractivity contribution in [2.75, 3.05) is 0 Å². The van der Waals surface area contributed by atoms with E-state index in [2.05, 4.69) is 0 Å². The number of aromatic hydroxyl groups is 1. The molecule has 0 aromatic heterocycles. The van der Waals surface area contributed by atoms with Gasteiger partial charge in [0.1, 0.15) is 5.75 Å². The van der Waals surface area contributed by atoms with Gasteiger partial charge < -0.3 is 11.3 Å². The Kier molecular flexibility index (Phi) is 2.73. The van der Waals surface area contributed by atoms with Crippen LogP contribution in [-0.2, 0) is 0 Å². The fraction of sp³-hybridized carbons (Fsp3) is 0. The molecule has 0 radical (unpaired) electrons. The molecular formula is C14H11NO3. The van der Waals surface area contributed by atoms with Crippen LogP contribution in [0.15, 0.2) is 42.5 Å². The smallest absolute Gasteiger partial charge is 0.198 e. The van der Waals surface area contributed by atoms with E-state index in [-0.39, 0.29) is 34.6 Å². The third kappa shape index (κ3) is 1.43. The number of phenols is 1. The first-order valence-electron chi connectivity index (χ1n) is 5.20. The van der Waals surface area contributed by atoms with Crippen molar-refractivity contribution in [2.24, 2.45) is 0 Å². The summed E-state index contributed by atoms with van der Waals surface area (Å²) in [4.78, 5) is 24.3. The molecule has 0 saturated carbocycles. The molecule has 18 heavy (non-hydrogen) atoms. The maximum absolute atomic E-state index is 12.2. The van der Waals surface area contributed by atoms with Crippen LogP contribution in [0.25, 0.3) is 0 Å². The Bertz CT molecular complexity index is 662. The number of fused-ring (bicyclic) bond motifs is 2. The van der Waals surface area contributed by atoms with Crippen LogP contribution in [0.2, 0.25) is 0 Å². The SMILES string of the molecule is N.O=C1c2ccccc2C(=O)c2c(O)cccc21. The molecule has 1 aliphatic carbocycles. The van der Waals surface area contributed by atoms with Crippen LogP contribution in [-0.4, -0.2) is 16.7 Å². The minimum Gasteiger partial charge on any atom is -0.507 e. The van der Waals surface area contributed by atoms with Crippen LogP contribution in [0.5, 0.6) is 5.75 Å². The molecule has 4 heteroatoms. The largest absolute Gasteiger partial charge is 0.507 e. The first kappa shape index (κ1) is 12.0. The summed E-state index contributed by atoms with van der Waals surface area (Å²) in [5.41, 5.74) is 1.13. The molecule has 0 heterocycles. The minimum absolute atomic E-state index is 0. The highest BCUT2D eigenvalue weighted by molar-refractivity contribution is 6.29. The summed E-state index contributed by atoms with van der Waals surface area (Å²) >= 11 is 0.